The van der Waals surface area contributed by atoms with E-state index in [9.17, 15) is 0 Å². The van der Waals surface area contributed by atoms with Crippen molar-refractivity contribution in [2.45, 2.75) is 59.8 Å². The summed E-state index contributed by atoms with van der Waals surface area (Å²) in [7, 11) is 0. The zero-order valence-electron chi connectivity index (χ0n) is 13.2. The van der Waals surface area contributed by atoms with Crippen molar-refractivity contribution in [3.8, 4) is 0 Å². The largest absolute Gasteiger partial charge is 0.384 e. The van der Waals surface area contributed by atoms with Gasteiger partial charge in [0.25, 0.3) is 0 Å². The van der Waals surface area contributed by atoms with E-state index in [0.29, 0.717) is 11.3 Å². The Labute approximate surface area is 123 Å². The smallest absolute Gasteiger partial charge is 0.0484 e. The summed E-state index contributed by atoms with van der Waals surface area (Å²) in [6.45, 7) is 16.5. The second-order valence-electron chi connectivity index (χ2n) is 6.67. The van der Waals surface area contributed by atoms with E-state index in [-0.39, 0.29) is 0 Å². The van der Waals surface area contributed by atoms with Gasteiger partial charge in [0.2, 0.25) is 0 Å². The van der Waals surface area contributed by atoms with Gasteiger partial charge in [0, 0.05) is 17.1 Å². The van der Waals surface area contributed by atoms with E-state index < -0.39 is 0 Å². The van der Waals surface area contributed by atoms with Crippen molar-refractivity contribution in [3.05, 3.63) is 28.5 Å². The number of nitrogens with one attached hydrogen (secondary N) is 1. The van der Waals surface area contributed by atoms with E-state index in [2.05, 4.69) is 58.0 Å². The molecule has 0 aromatic carbocycles. The lowest BCUT2D eigenvalue weighted by Gasteiger charge is -2.20. The second kappa shape index (κ2) is 7.14. The summed E-state index contributed by atoms with van der Waals surface area (Å²) in [4.78, 5) is 1.49. The summed E-state index contributed by atoms with van der Waals surface area (Å²) < 4.78 is 0. The SMILES string of the molecule is C=C(CCNc1ccsc1C(C)CC)CC(C)(C)C. The maximum atomic E-state index is 4.20. The van der Waals surface area contributed by atoms with Crippen molar-refractivity contribution in [1.29, 1.82) is 0 Å². The molecule has 0 radical (unpaired) electrons. The molecule has 0 bridgehead atoms. The van der Waals surface area contributed by atoms with Gasteiger partial charge in [0.15, 0.2) is 0 Å². The molecule has 1 atom stereocenters. The number of hydrogen-bond acceptors (Lipinski definition) is 2. The van der Waals surface area contributed by atoms with E-state index in [0.717, 1.165) is 19.4 Å². The van der Waals surface area contributed by atoms with Gasteiger partial charge < -0.3 is 5.32 Å². The Morgan fingerprint density at radius 3 is 2.68 bits per heavy atom. The summed E-state index contributed by atoms with van der Waals surface area (Å²) in [6.07, 6.45) is 3.37. The number of rotatable bonds is 7. The van der Waals surface area contributed by atoms with E-state index >= 15 is 0 Å². The zero-order chi connectivity index (χ0) is 14.5. The molecule has 0 aliphatic heterocycles. The third kappa shape index (κ3) is 5.82. The lowest BCUT2D eigenvalue weighted by Crippen LogP contribution is -2.09. The Hall–Kier alpha value is -0.760. The van der Waals surface area contributed by atoms with Crippen LogP contribution in [0, 0.1) is 5.41 Å². The molecule has 1 heterocycles. The minimum Gasteiger partial charge on any atom is -0.384 e. The fourth-order valence-corrected chi connectivity index (χ4v) is 3.26. The van der Waals surface area contributed by atoms with Crippen LogP contribution in [0.5, 0.6) is 0 Å². The molecule has 1 N–H and O–H groups in total. The Kier molecular flexibility index (Phi) is 6.12. The fourth-order valence-electron chi connectivity index (χ4n) is 2.25. The van der Waals surface area contributed by atoms with Crippen LogP contribution in [0.15, 0.2) is 23.6 Å². The van der Waals surface area contributed by atoms with Crippen LogP contribution in [-0.4, -0.2) is 6.54 Å². The molecule has 0 saturated heterocycles. The lowest BCUT2D eigenvalue weighted by atomic mass is 9.87. The molecule has 0 saturated carbocycles. The van der Waals surface area contributed by atoms with E-state index in [1.807, 2.05) is 11.3 Å². The van der Waals surface area contributed by atoms with E-state index in [4.69, 9.17) is 0 Å². The average molecular weight is 279 g/mol. The first-order chi connectivity index (χ1) is 8.83. The van der Waals surface area contributed by atoms with Gasteiger partial charge in [0.05, 0.1) is 0 Å². The summed E-state index contributed by atoms with van der Waals surface area (Å²) in [6, 6.07) is 2.21. The normalized spacial score (nSPS) is 13.3. The maximum Gasteiger partial charge on any atom is 0.0484 e. The summed E-state index contributed by atoms with van der Waals surface area (Å²) in [5.74, 6) is 0.653. The average Bonchev–Trinajstić information content (AvgIpc) is 2.74. The molecule has 108 valence electrons. The topological polar surface area (TPSA) is 12.0 Å². The molecule has 1 nitrogen and oxygen atoms in total. The molecule has 0 fully saturated rings. The molecule has 0 amide bonds. The third-order valence-corrected chi connectivity index (χ3v) is 4.48. The maximum absolute atomic E-state index is 4.20. The number of thiophene rings is 1. The molecule has 0 aliphatic carbocycles. The molecule has 1 unspecified atom stereocenters. The number of hydrogen-bond donors (Lipinski definition) is 1. The Balaban J connectivity index is 2.42. The van der Waals surface area contributed by atoms with Crippen LogP contribution < -0.4 is 5.32 Å². The highest BCUT2D eigenvalue weighted by Gasteiger charge is 2.13. The zero-order valence-corrected chi connectivity index (χ0v) is 14.0. The van der Waals surface area contributed by atoms with Crippen molar-refractivity contribution in [2.75, 3.05) is 11.9 Å². The van der Waals surface area contributed by atoms with Crippen LogP contribution in [0.2, 0.25) is 0 Å². The number of anilines is 1. The molecule has 2 heteroatoms. The van der Waals surface area contributed by atoms with Crippen molar-refractivity contribution >= 4 is 17.0 Å². The van der Waals surface area contributed by atoms with Gasteiger partial charge in [-0.05, 0) is 42.0 Å². The van der Waals surface area contributed by atoms with Gasteiger partial charge in [-0.25, -0.2) is 0 Å². The van der Waals surface area contributed by atoms with Crippen molar-refractivity contribution in [1.82, 2.24) is 0 Å². The highest BCUT2D eigenvalue weighted by molar-refractivity contribution is 7.10. The highest BCUT2D eigenvalue weighted by Crippen LogP contribution is 2.32. The first-order valence-corrected chi connectivity index (χ1v) is 8.19. The first kappa shape index (κ1) is 16.3. The van der Waals surface area contributed by atoms with Gasteiger partial charge in [0.1, 0.15) is 0 Å². The summed E-state index contributed by atoms with van der Waals surface area (Å²) in [5, 5.41) is 5.76. The van der Waals surface area contributed by atoms with Crippen LogP contribution in [0.1, 0.15) is 64.7 Å². The molecule has 1 aromatic rings. The Morgan fingerprint density at radius 1 is 1.42 bits per heavy atom. The minimum atomic E-state index is 0.349. The van der Waals surface area contributed by atoms with Crippen molar-refractivity contribution < 1.29 is 0 Å². The fraction of sp³-hybridized carbons (Fsp3) is 0.647. The second-order valence-corrected chi connectivity index (χ2v) is 7.62. The first-order valence-electron chi connectivity index (χ1n) is 7.31. The lowest BCUT2D eigenvalue weighted by molar-refractivity contribution is 0.405. The van der Waals surface area contributed by atoms with Gasteiger partial charge in [-0.2, -0.15) is 0 Å². The van der Waals surface area contributed by atoms with Crippen LogP contribution >= 0.6 is 11.3 Å². The van der Waals surface area contributed by atoms with Crippen LogP contribution in [0.3, 0.4) is 0 Å². The Bertz CT molecular complexity index is 398. The van der Waals surface area contributed by atoms with E-state index in [1.54, 1.807) is 0 Å². The summed E-state index contributed by atoms with van der Waals surface area (Å²) >= 11 is 1.87. The molecular formula is C17H29NS. The van der Waals surface area contributed by atoms with Crippen LogP contribution in [-0.2, 0) is 0 Å². The Morgan fingerprint density at radius 2 is 2.11 bits per heavy atom. The monoisotopic (exact) mass is 279 g/mol. The van der Waals surface area contributed by atoms with Crippen molar-refractivity contribution in [2.24, 2.45) is 5.41 Å². The van der Waals surface area contributed by atoms with E-state index in [1.165, 1.54) is 22.6 Å². The van der Waals surface area contributed by atoms with Crippen LogP contribution in [0.4, 0.5) is 5.69 Å². The molecule has 19 heavy (non-hydrogen) atoms. The molecular weight excluding hydrogens is 250 g/mol. The van der Waals surface area contributed by atoms with Gasteiger partial charge in [-0.15, -0.1) is 11.3 Å². The molecule has 0 spiro atoms. The quantitative estimate of drug-likeness (QED) is 0.598. The van der Waals surface area contributed by atoms with Gasteiger partial charge in [-0.3, -0.25) is 0 Å². The molecule has 0 aliphatic rings. The predicted octanol–water partition coefficient (Wildman–Crippen LogP) is 6.06. The van der Waals surface area contributed by atoms with Gasteiger partial charge in [-0.1, -0.05) is 46.8 Å². The predicted molar refractivity (Wildman–Crippen MR) is 89.3 cm³/mol. The molecule has 1 rings (SSSR count). The van der Waals surface area contributed by atoms with Crippen molar-refractivity contribution in [3.63, 3.8) is 0 Å². The summed E-state index contributed by atoms with van der Waals surface area (Å²) in [5.41, 5.74) is 3.02. The van der Waals surface area contributed by atoms with Crippen LogP contribution in [0.25, 0.3) is 0 Å². The minimum absolute atomic E-state index is 0.349. The highest BCUT2D eigenvalue weighted by atomic mass is 32.1. The van der Waals surface area contributed by atoms with Gasteiger partial charge >= 0.3 is 0 Å². The standard InChI is InChI=1S/C17H29NS/c1-7-14(3)16-15(9-11-19-16)18-10-8-13(2)12-17(4,5)6/h9,11,14,18H,2,7-8,10,12H2,1,3-6H3. The third-order valence-electron chi connectivity index (χ3n) is 3.33. The molecule has 1 aromatic heterocycles.